The lowest BCUT2D eigenvalue weighted by atomic mass is 10.2. The standard InChI is InChI=1S/C16H21FN2O4/c1-23-15(21)9-3-2-6-10-18-14(20)11-19-16(22)12-7-4-5-8-13(12)17/h4-5,7-8H,2-3,6,9-11H2,1H3,(H,18,20)(H,19,22). The highest BCUT2D eigenvalue weighted by atomic mass is 19.1. The van der Waals surface area contributed by atoms with Crippen LogP contribution in [0.5, 0.6) is 0 Å². The van der Waals surface area contributed by atoms with Gasteiger partial charge in [-0.3, -0.25) is 14.4 Å². The number of esters is 1. The van der Waals surface area contributed by atoms with Crippen LogP contribution >= 0.6 is 0 Å². The average Bonchev–Trinajstić information content (AvgIpc) is 2.55. The molecule has 126 valence electrons. The minimum absolute atomic E-state index is 0.0943. The second kappa shape index (κ2) is 10.3. The van der Waals surface area contributed by atoms with Crippen molar-refractivity contribution in [2.24, 2.45) is 0 Å². The molecule has 0 aliphatic heterocycles. The molecule has 0 heterocycles. The highest BCUT2D eigenvalue weighted by Gasteiger charge is 2.11. The predicted octanol–water partition coefficient (Wildman–Crippen LogP) is 1.41. The largest absolute Gasteiger partial charge is 0.469 e. The van der Waals surface area contributed by atoms with Crippen LogP contribution in [0.15, 0.2) is 24.3 Å². The van der Waals surface area contributed by atoms with Crippen molar-refractivity contribution in [2.75, 3.05) is 20.2 Å². The Morgan fingerprint density at radius 2 is 1.83 bits per heavy atom. The Morgan fingerprint density at radius 1 is 1.09 bits per heavy atom. The number of ether oxygens (including phenoxy) is 1. The fraction of sp³-hybridized carbons (Fsp3) is 0.438. The number of nitrogens with one attached hydrogen (secondary N) is 2. The predicted molar refractivity (Wildman–Crippen MR) is 82.2 cm³/mol. The van der Waals surface area contributed by atoms with Gasteiger partial charge in [0.25, 0.3) is 5.91 Å². The van der Waals surface area contributed by atoms with Crippen LogP contribution in [0.4, 0.5) is 4.39 Å². The molecule has 0 saturated carbocycles. The summed E-state index contributed by atoms with van der Waals surface area (Å²) in [6.45, 7) is 0.241. The number of amides is 2. The first-order valence-electron chi connectivity index (χ1n) is 7.41. The molecule has 0 bridgehead atoms. The fourth-order valence-electron chi connectivity index (χ4n) is 1.86. The first kappa shape index (κ1) is 18.6. The van der Waals surface area contributed by atoms with Crippen molar-refractivity contribution in [1.82, 2.24) is 10.6 Å². The van der Waals surface area contributed by atoms with Crippen molar-refractivity contribution in [3.63, 3.8) is 0 Å². The number of methoxy groups -OCH3 is 1. The van der Waals surface area contributed by atoms with E-state index >= 15 is 0 Å². The highest BCUT2D eigenvalue weighted by Crippen LogP contribution is 2.05. The smallest absolute Gasteiger partial charge is 0.305 e. The van der Waals surface area contributed by atoms with Gasteiger partial charge in [0.15, 0.2) is 0 Å². The van der Waals surface area contributed by atoms with E-state index in [1.807, 2.05) is 0 Å². The lowest BCUT2D eigenvalue weighted by Gasteiger charge is -2.07. The molecule has 0 aliphatic carbocycles. The van der Waals surface area contributed by atoms with E-state index < -0.39 is 11.7 Å². The number of rotatable bonds is 9. The van der Waals surface area contributed by atoms with Gasteiger partial charge in [-0.25, -0.2) is 4.39 Å². The summed E-state index contributed by atoms with van der Waals surface area (Å²) in [5, 5.41) is 5.00. The second-order valence-electron chi connectivity index (χ2n) is 4.90. The van der Waals surface area contributed by atoms with Gasteiger partial charge in [0.05, 0.1) is 19.2 Å². The Hall–Kier alpha value is -2.44. The molecule has 0 spiro atoms. The zero-order chi connectivity index (χ0) is 17.1. The van der Waals surface area contributed by atoms with Crippen LogP contribution in [0.25, 0.3) is 0 Å². The minimum Gasteiger partial charge on any atom is -0.469 e. The summed E-state index contributed by atoms with van der Waals surface area (Å²) < 4.78 is 17.9. The quantitative estimate of drug-likeness (QED) is 0.531. The third-order valence-corrected chi connectivity index (χ3v) is 3.14. The van der Waals surface area contributed by atoms with E-state index in [1.54, 1.807) is 6.07 Å². The first-order chi connectivity index (χ1) is 11.0. The summed E-state index contributed by atoms with van der Waals surface area (Å²) in [5.41, 5.74) is -0.0943. The number of carbonyl (C=O) groups excluding carboxylic acids is 3. The van der Waals surface area contributed by atoms with Crippen LogP contribution in [0, 0.1) is 5.82 Å². The summed E-state index contributed by atoms with van der Waals surface area (Å²) in [6.07, 6.45) is 2.58. The molecule has 1 aromatic carbocycles. The molecule has 0 fully saturated rings. The summed E-state index contributed by atoms with van der Waals surface area (Å²) in [4.78, 5) is 34.1. The molecule has 0 unspecified atom stereocenters. The van der Waals surface area contributed by atoms with Crippen LogP contribution in [0.2, 0.25) is 0 Å². The van der Waals surface area contributed by atoms with Crippen molar-refractivity contribution < 1.29 is 23.5 Å². The maximum atomic E-state index is 13.4. The van der Waals surface area contributed by atoms with E-state index in [2.05, 4.69) is 15.4 Å². The molecule has 2 N–H and O–H groups in total. The Balaban J connectivity index is 2.14. The minimum atomic E-state index is -0.629. The van der Waals surface area contributed by atoms with Gasteiger partial charge < -0.3 is 15.4 Å². The van der Waals surface area contributed by atoms with Gasteiger partial charge in [-0.2, -0.15) is 0 Å². The molecule has 0 atom stereocenters. The number of unbranched alkanes of at least 4 members (excludes halogenated alkanes) is 2. The fourth-order valence-corrected chi connectivity index (χ4v) is 1.86. The van der Waals surface area contributed by atoms with Crippen molar-refractivity contribution in [2.45, 2.75) is 25.7 Å². The molecule has 0 radical (unpaired) electrons. The van der Waals surface area contributed by atoms with Crippen LogP contribution in [0.3, 0.4) is 0 Å². The number of hydrogen-bond acceptors (Lipinski definition) is 4. The van der Waals surface area contributed by atoms with E-state index in [-0.39, 0.29) is 24.0 Å². The van der Waals surface area contributed by atoms with Crippen molar-refractivity contribution in [3.8, 4) is 0 Å². The number of halogens is 1. The Bertz CT molecular complexity index is 549. The Kier molecular flexibility index (Phi) is 8.34. The molecule has 1 rings (SSSR count). The van der Waals surface area contributed by atoms with Crippen LogP contribution in [-0.2, 0) is 14.3 Å². The van der Waals surface area contributed by atoms with E-state index in [0.29, 0.717) is 19.4 Å². The van der Waals surface area contributed by atoms with Gasteiger partial charge in [0.2, 0.25) is 5.91 Å². The van der Waals surface area contributed by atoms with Gasteiger partial charge >= 0.3 is 5.97 Å². The van der Waals surface area contributed by atoms with Crippen molar-refractivity contribution >= 4 is 17.8 Å². The van der Waals surface area contributed by atoms with E-state index in [9.17, 15) is 18.8 Å². The molecule has 0 aliphatic rings. The molecule has 7 heteroatoms. The summed E-state index contributed by atoms with van der Waals surface area (Å²) in [5.74, 6) is -1.85. The zero-order valence-corrected chi connectivity index (χ0v) is 13.1. The van der Waals surface area contributed by atoms with E-state index in [1.165, 1.54) is 25.3 Å². The van der Waals surface area contributed by atoms with E-state index in [0.717, 1.165) is 12.8 Å². The Morgan fingerprint density at radius 3 is 2.52 bits per heavy atom. The normalized spacial score (nSPS) is 10.0. The van der Waals surface area contributed by atoms with Crippen molar-refractivity contribution in [3.05, 3.63) is 35.6 Å². The molecule has 0 saturated heterocycles. The van der Waals surface area contributed by atoms with Gasteiger partial charge in [0.1, 0.15) is 5.82 Å². The van der Waals surface area contributed by atoms with Crippen molar-refractivity contribution in [1.29, 1.82) is 0 Å². The summed E-state index contributed by atoms with van der Waals surface area (Å²) >= 11 is 0. The Labute approximate surface area is 134 Å². The second-order valence-corrected chi connectivity index (χ2v) is 4.90. The number of benzene rings is 1. The van der Waals surface area contributed by atoms with Gasteiger partial charge in [-0.15, -0.1) is 0 Å². The third kappa shape index (κ3) is 7.39. The lowest BCUT2D eigenvalue weighted by Crippen LogP contribution is -2.37. The van der Waals surface area contributed by atoms with Gasteiger partial charge in [-0.1, -0.05) is 18.6 Å². The molecule has 2 amide bonds. The topological polar surface area (TPSA) is 84.5 Å². The third-order valence-electron chi connectivity index (χ3n) is 3.14. The zero-order valence-electron chi connectivity index (χ0n) is 13.1. The van der Waals surface area contributed by atoms with Crippen LogP contribution < -0.4 is 10.6 Å². The molecular weight excluding hydrogens is 303 g/mol. The first-order valence-corrected chi connectivity index (χ1v) is 7.41. The lowest BCUT2D eigenvalue weighted by molar-refractivity contribution is -0.140. The van der Waals surface area contributed by atoms with Gasteiger partial charge in [-0.05, 0) is 25.0 Å². The van der Waals surface area contributed by atoms with Gasteiger partial charge in [0, 0.05) is 13.0 Å². The monoisotopic (exact) mass is 324 g/mol. The molecule has 1 aromatic rings. The number of hydrogen-bond donors (Lipinski definition) is 2. The maximum absolute atomic E-state index is 13.4. The SMILES string of the molecule is COC(=O)CCCCCNC(=O)CNC(=O)c1ccccc1F. The van der Waals surface area contributed by atoms with E-state index in [4.69, 9.17) is 0 Å². The maximum Gasteiger partial charge on any atom is 0.305 e. The molecule has 0 aromatic heterocycles. The molecule has 6 nitrogen and oxygen atoms in total. The summed E-state index contributed by atoms with van der Waals surface area (Å²) in [6, 6.07) is 5.57. The summed E-state index contributed by atoms with van der Waals surface area (Å²) in [7, 11) is 1.35. The highest BCUT2D eigenvalue weighted by molar-refractivity contribution is 5.96. The van der Waals surface area contributed by atoms with Crippen LogP contribution in [0.1, 0.15) is 36.0 Å². The van der Waals surface area contributed by atoms with Crippen LogP contribution in [-0.4, -0.2) is 38.0 Å². The molecule has 23 heavy (non-hydrogen) atoms. The number of carbonyl (C=O) groups is 3. The molecular formula is C16H21FN2O4. The average molecular weight is 324 g/mol.